The fourth-order valence-electron chi connectivity index (χ4n) is 3.26. The van der Waals surface area contributed by atoms with Crippen molar-refractivity contribution in [1.82, 2.24) is 14.5 Å². The topological polar surface area (TPSA) is 38.1 Å². The van der Waals surface area contributed by atoms with Crippen molar-refractivity contribution < 1.29 is 18.0 Å². The molecule has 0 fully saturated rings. The number of benzene rings is 2. The molecule has 3 aromatic rings. The monoisotopic (exact) mass is 449 g/mol. The van der Waals surface area contributed by atoms with Gasteiger partial charge in [-0.15, -0.1) is 0 Å². The third kappa shape index (κ3) is 3.69. The first kappa shape index (κ1) is 18.7. The molecule has 0 saturated carbocycles. The van der Waals surface area contributed by atoms with Gasteiger partial charge in [-0.2, -0.15) is 13.2 Å². The molecule has 0 aliphatic carbocycles. The minimum absolute atomic E-state index is 0.0920. The van der Waals surface area contributed by atoms with E-state index in [1.54, 1.807) is 11.2 Å². The van der Waals surface area contributed by atoms with Crippen molar-refractivity contribution in [3.8, 4) is 11.3 Å². The number of rotatable bonds is 3. The summed E-state index contributed by atoms with van der Waals surface area (Å²) in [5.41, 5.74) is 2.59. The molecule has 8 heteroatoms. The van der Waals surface area contributed by atoms with Gasteiger partial charge in [0.2, 0.25) is 5.91 Å². The van der Waals surface area contributed by atoms with Gasteiger partial charge in [0.15, 0.2) is 0 Å². The first-order valence-corrected chi connectivity index (χ1v) is 9.34. The lowest BCUT2D eigenvalue weighted by Gasteiger charge is -2.29. The molecule has 144 valence electrons. The molecule has 4 nitrogen and oxygen atoms in total. The number of imidazole rings is 1. The van der Waals surface area contributed by atoms with Gasteiger partial charge in [0, 0.05) is 16.6 Å². The number of carbonyl (C=O) groups excluding carboxylic acids is 1. The molecule has 1 aliphatic rings. The predicted molar refractivity (Wildman–Crippen MR) is 101 cm³/mol. The molecule has 2 heterocycles. The van der Waals surface area contributed by atoms with Crippen LogP contribution in [-0.4, -0.2) is 20.4 Å². The van der Waals surface area contributed by atoms with Crippen LogP contribution < -0.4 is 0 Å². The second kappa shape index (κ2) is 7.09. The van der Waals surface area contributed by atoms with Gasteiger partial charge in [-0.05, 0) is 29.8 Å². The van der Waals surface area contributed by atoms with Crippen molar-refractivity contribution in [1.29, 1.82) is 0 Å². The number of halogens is 4. The van der Waals surface area contributed by atoms with E-state index in [1.807, 2.05) is 28.8 Å². The van der Waals surface area contributed by atoms with Crippen LogP contribution in [0.5, 0.6) is 0 Å². The number of hydrogen-bond donors (Lipinski definition) is 0. The molecule has 0 spiro atoms. The Labute approximate surface area is 167 Å². The van der Waals surface area contributed by atoms with Gasteiger partial charge < -0.3 is 9.47 Å². The second-order valence-corrected chi connectivity index (χ2v) is 7.54. The van der Waals surface area contributed by atoms with Crippen LogP contribution in [0.4, 0.5) is 13.2 Å². The Morgan fingerprint density at radius 3 is 2.50 bits per heavy atom. The molecule has 0 atom stereocenters. The van der Waals surface area contributed by atoms with Crippen LogP contribution >= 0.6 is 15.9 Å². The Kier molecular flexibility index (Phi) is 4.74. The molecule has 1 amide bonds. The van der Waals surface area contributed by atoms with E-state index in [9.17, 15) is 18.0 Å². The van der Waals surface area contributed by atoms with E-state index < -0.39 is 11.7 Å². The summed E-state index contributed by atoms with van der Waals surface area (Å²) in [5.74, 6) is -0.0920. The maximum Gasteiger partial charge on any atom is 0.416 e. The van der Waals surface area contributed by atoms with E-state index in [4.69, 9.17) is 0 Å². The van der Waals surface area contributed by atoms with Crippen LogP contribution in [0, 0.1) is 0 Å². The predicted octanol–water partition coefficient (Wildman–Crippen LogP) is 4.87. The first-order valence-electron chi connectivity index (χ1n) is 8.55. The van der Waals surface area contributed by atoms with Gasteiger partial charge in [0.05, 0.1) is 29.8 Å². The van der Waals surface area contributed by atoms with E-state index in [0.29, 0.717) is 12.1 Å². The zero-order chi connectivity index (χ0) is 19.9. The Hall–Kier alpha value is -2.61. The number of hydrogen-bond acceptors (Lipinski definition) is 2. The smallest absolute Gasteiger partial charge is 0.331 e. The van der Waals surface area contributed by atoms with Crippen LogP contribution in [-0.2, 0) is 30.6 Å². The Bertz CT molecular complexity index is 1030. The van der Waals surface area contributed by atoms with Gasteiger partial charge in [-0.1, -0.05) is 40.2 Å². The summed E-state index contributed by atoms with van der Waals surface area (Å²) in [6.45, 7) is 0.763. The fourth-order valence-corrected chi connectivity index (χ4v) is 3.66. The Morgan fingerprint density at radius 2 is 1.82 bits per heavy atom. The van der Waals surface area contributed by atoms with Crippen molar-refractivity contribution in [3.63, 3.8) is 0 Å². The van der Waals surface area contributed by atoms with E-state index in [1.165, 1.54) is 12.1 Å². The van der Waals surface area contributed by atoms with Crippen molar-refractivity contribution in [3.05, 3.63) is 76.2 Å². The van der Waals surface area contributed by atoms with Crippen LogP contribution in [0.3, 0.4) is 0 Å². The van der Waals surface area contributed by atoms with Crippen molar-refractivity contribution in [2.45, 2.75) is 25.8 Å². The molecule has 0 radical (unpaired) electrons. The molecule has 28 heavy (non-hydrogen) atoms. The average molecular weight is 450 g/mol. The first-order chi connectivity index (χ1) is 13.3. The zero-order valence-electron chi connectivity index (χ0n) is 14.6. The highest BCUT2D eigenvalue weighted by Gasteiger charge is 2.30. The van der Waals surface area contributed by atoms with Gasteiger partial charge in [-0.3, -0.25) is 4.79 Å². The second-order valence-electron chi connectivity index (χ2n) is 6.62. The van der Waals surface area contributed by atoms with Gasteiger partial charge >= 0.3 is 6.18 Å². The molecule has 0 unspecified atom stereocenters. The summed E-state index contributed by atoms with van der Waals surface area (Å²) in [7, 11) is 0. The van der Waals surface area contributed by atoms with Crippen molar-refractivity contribution in [2.24, 2.45) is 0 Å². The van der Waals surface area contributed by atoms with Crippen LogP contribution in [0.25, 0.3) is 11.3 Å². The molecule has 0 saturated heterocycles. The average Bonchev–Trinajstić information content (AvgIpc) is 3.04. The molecular weight excluding hydrogens is 435 g/mol. The van der Waals surface area contributed by atoms with Gasteiger partial charge in [-0.25, -0.2) is 4.98 Å². The van der Waals surface area contributed by atoms with Crippen LogP contribution in [0.1, 0.15) is 16.8 Å². The molecule has 2 aromatic carbocycles. The minimum Gasteiger partial charge on any atom is -0.331 e. The molecule has 1 aromatic heterocycles. The summed E-state index contributed by atoms with van der Waals surface area (Å²) in [6, 6.07) is 12.7. The standard InChI is InChI=1S/C20H15BrF3N3O/c21-16-3-1-2-14(8-16)19-17-10-26(18(28)11-27(17)12-25-19)9-13-4-6-15(7-5-13)20(22,23)24/h1-8,12H,9-11H2. The lowest BCUT2D eigenvalue weighted by atomic mass is 10.1. The number of fused-ring (bicyclic) bond motifs is 1. The van der Waals surface area contributed by atoms with Crippen molar-refractivity contribution >= 4 is 21.8 Å². The SMILES string of the molecule is O=C1Cn2cnc(-c3cccc(Br)c3)c2CN1Cc1ccc(C(F)(F)F)cc1. The normalized spacial score (nSPS) is 14.3. The van der Waals surface area contributed by atoms with E-state index in [2.05, 4.69) is 20.9 Å². The summed E-state index contributed by atoms with van der Waals surface area (Å²) >= 11 is 3.45. The third-order valence-electron chi connectivity index (χ3n) is 4.70. The van der Waals surface area contributed by atoms with Gasteiger partial charge in [0.25, 0.3) is 0 Å². The molecular formula is C20H15BrF3N3O. The maximum absolute atomic E-state index is 12.7. The van der Waals surface area contributed by atoms with Gasteiger partial charge in [0.1, 0.15) is 6.54 Å². The highest BCUT2D eigenvalue weighted by atomic mass is 79.9. The molecule has 1 aliphatic heterocycles. The third-order valence-corrected chi connectivity index (χ3v) is 5.19. The van der Waals surface area contributed by atoms with E-state index in [0.717, 1.165) is 33.6 Å². The lowest BCUT2D eigenvalue weighted by Crippen LogP contribution is -2.38. The quantitative estimate of drug-likeness (QED) is 0.571. The Morgan fingerprint density at radius 1 is 1.07 bits per heavy atom. The minimum atomic E-state index is -4.37. The Balaban J connectivity index is 1.58. The van der Waals surface area contributed by atoms with Crippen LogP contribution in [0.15, 0.2) is 59.3 Å². The number of amides is 1. The lowest BCUT2D eigenvalue weighted by molar-refractivity contribution is -0.138. The van der Waals surface area contributed by atoms with E-state index >= 15 is 0 Å². The largest absolute Gasteiger partial charge is 0.416 e. The molecule has 0 N–H and O–H groups in total. The molecule has 0 bridgehead atoms. The van der Waals surface area contributed by atoms with Crippen LogP contribution in [0.2, 0.25) is 0 Å². The summed E-state index contributed by atoms with van der Waals surface area (Å²) < 4.78 is 40.9. The number of nitrogens with zero attached hydrogens (tertiary/aromatic N) is 3. The fraction of sp³-hybridized carbons (Fsp3) is 0.200. The number of aromatic nitrogens is 2. The zero-order valence-corrected chi connectivity index (χ0v) is 16.2. The summed E-state index contributed by atoms with van der Waals surface area (Å²) in [5, 5.41) is 0. The highest BCUT2D eigenvalue weighted by molar-refractivity contribution is 9.10. The van der Waals surface area contributed by atoms with Crippen molar-refractivity contribution in [2.75, 3.05) is 0 Å². The number of alkyl halides is 3. The number of carbonyl (C=O) groups is 1. The molecule has 4 rings (SSSR count). The highest BCUT2D eigenvalue weighted by Crippen LogP contribution is 2.31. The summed E-state index contributed by atoms with van der Waals surface area (Å²) in [6.07, 6.45) is -2.72. The van der Waals surface area contributed by atoms with E-state index in [-0.39, 0.29) is 19.0 Å². The summed E-state index contributed by atoms with van der Waals surface area (Å²) in [4.78, 5) is 18.6. The maximum atomic E-state index is 12.7.